The van der Waals surface area contributed by atoms with Crippen LogP contribution in [0.25, 0.3) is 11.0 Å². The third-order valence-corrected chi connectivity index (χ3v) is 6.05. The number of rotatable bonds is 2. The molecule has 2 heterocycles. The van der Waals surface area contributed by atoms with Gasteiger partial charge in [-0.25, -0.2) is 14.8 Å². The van der Waals surface area contributed by atoms with Crippen LogP contribution in [0.1, 0.15) is 33.6 Å². The molecule has 1 aliphatic rings. The van der Waals surface area contributed by atoms with E-state index in [4.69, 9.17) is 16.3 Å². The largest absolute Gasteiger partial charge is 0.444 e. The first-order valence-electron chi connectivity index (χ1n) is 8.55. The standard InChI is InChI=1S/C18H22ClN3O3S/c1-18(2,3)25-17(23)22-10-6-7-12(11-22)26(24)16-15(19)20-13-8-4-5-9-14(13)21-16/h4-5,8-9,12H,6-7,10-11H2,1-3H3/t12-,26+/m1/s1. The summed E-state index contributed by atoms with van der Waals surface area (Å²) in [5, 5.41) is 0.182. The van der Waals surface area contributed by atoms with E-state index >= 15 is 0 Å². The number of hydrogen-bond donors (Lipinski definition) is 0. The van der Waals surface area contributed by atoms with Crippen LogP contribution in [0.2, 0.25) is 5.15 Å². The van der Waals surface area contributed by atoms with E-state index in [9.17, 15) is 9.00 Å². The molecule has 0 saturated carbocycles. The lowest BCUT2D eigenvalue weighted by Crippen LogP contribution is -2.46. The zero-order chi connectivity index (χ0) is 18.9. The van der Waals surface area contributed by atoms with Crippen LogP contribution in [0.5, 0.6) is 0 Å². The summed E-state index contributed by atoms with van der Waals surface area (Å²) in [5.41, 5.74) is 0.758. The second kappa shape index (κ2) is 7.48. The van der Waals surface area contributed by atoms with Crippen molar-refractivity contribution < 1.29 is 13.7 Å². The van der Waals surface area contributed by atoms with Crippen LogP contribution in [-0.4, -0.2) is 49.1 Å². The van der Waals surface area contributed by atoms with Crippen LogP contribution in [0, 0.1) is 0 Å². The predicted octanol–water partition coefficient (Wildman–Crippen LogP) is 3.79. The van der Waals surface area contributed by atoms with E-state index in [0.717, 1.165) is 12.8 Å². The number of halogens is 1. The van der Waals surface area contributed by atoms with E-state index in [2.05, 4.69) is 9.97 Å². The molecule has 1 fully saturated rings. The van der Waals surface area contributed by atoms with Gasteiger partial charge in [0.15, 0.2) is 10.2 Å². The summed E-state index contributed by atoms with van der Waals surface area (Å²) in [5.74, 6) is 0. The van der Waals surface area contributed by atoms with Crippen LogP contribution in [0.15, 0.2) is 29.3 Å². The first kappa shape index (κ1) is 19.0. The van der Waals surface area contributed by atoms with Crippen LogP contribution < -0.4 is 0 Å². The Labute approximate surface area is 160 Å². The Kier molecular flexibility index (Phi) is 5.48. The topological polar surface area (TPSA) is 72.4 Å². The van der Waals surface area contributed by atoms with E-state index in [1.54, 1.807) is 4.90 Å². The van der Waals surface area contributed by atoms with Crippen molar-refractivity contribution in [1.82, 2.24) is 14.9 Å². The maximum absolute atomic E-state index is 13.1. The SMILES string of the molecule is CC(C)(C)OC(=O)N1CCC[C@@H]([S@](=O)c2nc3ccccc3nc2Cl)C1. The lowest BCUT2D eigenvalue weighted by Gasteiger charge is -2.33. The number of carbonyl (C=O) groups is 1. The number of hydrogen-bond acceptors (Lipinski definition) is 5. The Morgan fingerprint density at radius 3 is 2.58 bits per heavy atom. The molecular formula is C18H22ClN3O3S. The molecule has 0 radical (unpaired) electrons. The number of para-hydroxylation sites is 2. The molecule has 140 valence electrons. The predicted molar refractivity (Wildman–Crippen MR) is 102 cm³/mol. The highest BCUT2D eigenvalue weighted by Crippen LogP contribution is 2.26. The number of nitrogens with zero attached hydrogens (tertiary/aromatic N) is 3. The average molecular weight is 396 g/mol. The molecular weight excluding hydrogens is 374 g/mol. The third-order valence-electron chi connectivity index (χ3n) is 4.02. The Morgan fingerprint density at radius 1 is 1.27 bits per heavy atom. The van der Waals surface area contributed by atoms with Crippen molar-refractivity contribution in [3.63, 3.8) is 0 Å². The van der Waals surface area contributed by atoms with Gasteiger partial charge in [0.1, 0.15) is 5.60 Å². The van der Waals surface area contributed by atoms with Gasteiger partial charge < -0.3 is 9.64 Å². The number of ether oxygens (including phenoxy) is 1. The van der Waals surface area contributed by atoms with Gasteiger partial charge in [-0.1, -0.05) is 23.7 Å². The van der Waals surface area contributed by atoms with Crippen LogP contribution >= 0.6 is 11.6 Å². The molecule has 0 aliphatic carbocycles. The van der Waals surface area contributed by atoms with E-state index in [0.29, 0.717) is 24.1 Å². The zero-order valence-electron chi connectivity index (χ0n) is 15.1. The Balaban J connectivity index is 1.79. The maximum atomic E-state index is 13.1. The summed E-state index contributed by atoms with van der Waals surface area (Å²) in [7, 11) is -1.45. The smallest absolute Gasteiger partial charge is 0.410 e. The molecule has 6 nitrogen and oxygen atoms in total. The van der Waals surface area contributed by atoms with Gasteiger partial charge in [0, 0.05) is 13.1 Å². The van der Waals surface area contributed by atoms with Crippen molar-refractivity contribution >= 4 is 39.5 Å². The lowest BCUT2D eigenvalue weighted by atomic mass is 10.1. The van der Waals surface area contributed by atoms with Crippen molar-refractivity contribution in [3.8, 4) is 0 Å². The quantitative estimate of drug-likeness (QED) is 0.773. The van der Waals surface area contributed by atoms with Crippen LogP contribution in [-0.2, 0) is 15.5 Å². The highest BCUT2D eigenvalue weighted by atomic mass is 35.5. The monoisotopic (exact) mass is 395 g/mol. The van der Waals surface area contributed by atoms with Crippen molar-refractivity contribution in [2.75, 3.05) is 13.1 Å². The number of carbonyl (C=O) groups excluding carboxylic acids is 1. The van der Waals surface area contributed by atoms with E-state index < -0.39 is 16.4 Å². The summed E-state index contributed by atoms with van der Waals surface area (Å²) >= 11 is 6.23. The molecule has 0 spiro atoms. The molecule has 2 atom stereocenters. The fourth-order valence-electron chi connectivity index (χ4n) is 2.85. The maximum Gasteiger partial charge on any atom is 0.410 e. The molecule has 1 aromatic carbocycles. The van der Waals surface area contributed by atoms with Gasteiger partial charge >= 0.3 is 6.09 Å². The number of amides is 1. The minimum Gasteiger partial charge on any atom is -0.444 e. The van der Waals surface area contributed by atoms with Gasteiger partial charge in [-0.2, -0.15) is 0 Å². The van der Waals surface area contributed by atoms with Crippen molar-refractivity contribution in [2.24, 2.45) is 0 Å². The van der Waals surface area contributed by atoms with Crippen molar-refractivity contribution in [2.45, 2.75) is 49.5 Å². The molecule has 0 unspecified atom stereocenters. The molecule has 0 N–H and O–H groups in total. The molecule has 0 bridgehead atoms. The molecule has 3 rings (SSSR count). The normalized spacial score (nSPS) is 19.4. The van der Waals surface area contributed by atoms with Gasteiger partial charge in [0.2, 0.25) is 0 Å². The third kappa shape index (κ3) is 4.32. The van der Waals surface area contributed by atoms with Crippen molar-refractivity contribution in [3.05, 3.63) is 29.4 Å². The van der Waals surface area contributed by atoms with Gasteiger partial charge in [-0.3, -0.25) is 4.21 Å². The summed E-state index contributed by atoms with van der Waals surface area (Å²) in [6.45, 7) is 6.44. The second-order valence-electron chi connectivity index (χ2n) is 7.30. The zero-order valence-corrected chi connectivity index (χ0v) is 16.6. The second-order valence-corrected chi connectivity index (χ2v) is 9.30. The average Bonchev–Trinajstić information content (AvgIpc) is 2.59. The molecule has 1 saturated heterocycles. The fourth-order valence-corrected chi connectivity index (χ4v) is 4.63. The Hall–Kier alpha value is -1.73. The minimum absolute atomic E-state index is 0.149. The number of aromatic nitrogens is 2. The molecule has 1 amide bonds. The van der Waals surface area contributed by atoms with Gasteiger partial charge in [0.05, 0.1) is 27.1 Å². The Morgan fingerprint density at radius 2 is 1.92 bits per heavy atom. The fraction of sp³-hybridized carbons (Fsp3) is 0.500. The molecule has 8 heteroatoms. The van der Waals surface area contributed by atoms with Gasteiger partial charge in [0.25, 0.3) is 0 Å². The molecule has 2 aromatic rings. The number of fused-ring (bicyclic) bond motifs is 1. The minimum atomic E-state index is -1.45. The summed E-state index contributed by atoms with van der Waals surface area (Å²) in [6.07, 6.45) is 1.11. The van der Waals surface area contributed by atoms with Crippen LogP contribution in [0.3, 0.4) is 0 Å². The van der Waals surface area contributed by atoms with Gasteiger partial charge in [-0.05, 0) is 45.7 Å². The number of piperidine rings is 1. The highest BCUT2D eigenvalue weighted by Gasteiger charge is 2.32. The molecule has 1 aromatic heterocycles. The van der Waals surface area contributed by atoms with Gasteiger partial charge in [-0.15, -0.1) is 0 Å². The first-order valence-corrected chi connectivity index (χ1v) is 10.1. The Bertz CT molecular complexity index is 853. The van der Waals surface area contributed by atoms with Crippen molar-refractivity contribution in [1.29, 1.82) is 0 Å². The summed E-state index contributed by atoms with van der Waals surface area (Å²) in [6, 6.07) is 7.32. The lowest BCUT2D eigenvalue weighted by molar-refractivity contribution is 0.0219. The number of likely N-dealkylation sites (tertiary alicyclic amines) is 1. The van der Waals surface area contributed by atoms with E-state index in [-0.39, 0.29) is 21.5 Å². The summed E-state index contributed by atoms with van der Waals surface area (Å²) < 4.78 is 18.5. The van der Waals surface area contributed by atoms with Crippen LogP contribution in [0.4, 0.5) is 4.79 Å². The number of benzene rings is 1. The molecule has 1 aliphatic heterocycles. The van der Waals surface area contributed by atoms with E-state index in [1.807, 2.05) is 45.0 Å². The summed E-state index contributed by atoms with van der Waals surface area (Å²) in [4.78, 5) is 22.7. The highest BCUT2D eigenvalue weighted by molar-refractivity contribution is 7.85. The van der Waals surface area contributed by atoms with E-state index in [1.165, 1.54) is 0 Å². The molecule has 26 heavy (non-hydrogen) atoms. The first-order chi connectivity index (χ1) is 12.2.